The number of ether oxygens (including phenoxy) is 4. The summed E-state index contributed by atoms with van der Waals surface area (Å²) in [4.78, 5) is 72.4. The van der Waals surface area contributed by atoms with Crippen LogP contribution in [0.5, 0.6) is 11.5 Å². The van der Waals surface area contributed by atoms with E-state index in [0.29, 0.717) is 37.4 Å². The molecule has 316 valence electrons. The van der Waals surface area contributed by atoms with Gasteiger partial charge >= 0.3 is 12.2 Å². The zero-order chi connectivity index (χ0) is 41.5. The minimum atomic E-state index is -3.90. The lowest BCUT2D eigenvalue weighted by Crippen LogP contribution is -2.60. The molecule has 1 unspecified atom stereocenters. The van der Waals surface area contributed by atoms with Gasteiger partial charge in [0.05, 0.1) is 38.7 Å². The molecular formula is C40H59N5O11S. The zero-order valence-electron chi connectivity index (χ0n) is 34.2. The molecule has 16 nitrogen and oxygen atoms in total. The summed E-state index contributed by atoms with van der Waals surface area (Å²) < 4.78 is 51.1. The van der Waals surface area contributed by atoms with E-state index in [1.807, 2.05) is 32.9 Å². The monoisotopic (exact) mass is 817 g/mol. The van der Waals surface area contributed by atoms with E-state index >= 15 is 0 Å². The molecule has 0 aromatic heterocycles. The number of carbonyl (C=O) groups excluding carboxylic acids is 5. The average molecular weight is 818 g/mol. The second-order valence-electron chi connectivity index (χ2n) is 18.2. The molecule has 3 aliphatic heterocycles. The maximum Gasteiger partial charge on any atom is 0.410 e. The number of methoxy groups -OCH3 is 1. The van der Waals surface area contributed by atoms with Crippen LogP contribution in [0.4, 0.5) is 9.59 Å². The number of carbonyl (C=O) groups is 5. The second kappa shape index (κ2) is 16.2. The van der Waals surface area contributed by atoms with Gasteiger partial charge in [0.1, 0.15) is 35.2 Å². The van der Waals surface area contributed by atoms with E-state index < -0.39 is 74.3 Å². The number of benzene rings is 1. The Balaban J connectivity index is 1.28. The fraction of sp³-hybridized carbons (Fsp3) is 0.725. The first-order valence-corrected chi connectivity index (χ1v) is 21.7. The van der Waals surface area contributed by atoms with Crippen LogP contribution in [0.3, 0.4) is 0 Å². The van der Waals surface area contributed by atoms with Crippen molar-refractivity contribution in [2.45, 2.75) is 141 Å². The highest BCUT2D eigenvalue weighted by Gasteiger charge is 2.62. The molecule has 1 aromatic rings. The Kier molecular flexibility index (Phi) is 12.0. The van der Waals surface area contributed by atoms with Gasteiger partial charge in [-0.2, -0.15) is 0 Å². The minimum Gasteiger partial charge on any atom is -0.497 e. The fourth-order valence-electron chi connectivity index (χ4n) is 8.08. The Labute approximate surface area is 335 Å². The number of sulfonamides is 1. The highest BCUT2D eigenvalue weighted by molar-refractivity contribution is 7.91. The molecule has 3 heterocycles. The number of alkyl carbamates (subject to hydrolysis) is 1. The Morgan fingerprint density at radius 3 is 2.44 bits per heavy atom. The van der Waals surface area contributed by atoms with E-state index in [2.05, 4.69) is 15.4 Å². The molecule has 3 N–H and O–H groups in total. The van der Waals surface area contributed by atoms with Gasteiger partial charge in [0.15, 0.2) is 0 Å². The molecule has 6 rings (SSSR count). The second-order valence-corrected chi connectivity index (χ2v) is 20.1. The molecule has 5 aliphatic rings. The lowest BCUT2D eigenvalue weighted by atomic mass is 9.85. The van der Waals surface area contributed by atoms with E-state index in [1.54, 1.807) is 27.9 Å². The third kappa shape index (κ3) is 9.55. The number of hydrogen-bond acceptors (Lipinski definition) is 11. The van der Waals surface area contributed by atoms with Crippen molar-refractivity contribution in [1.29, 1.82) is 0 Å². The van der Waals surface area contributed by atoms with Crippen LogP contribution in [0.1, 0.15) is 110 Å². The highest BCUT2D eigenvalue weighted by Crippen LogP contribution is 2.47. The summed E-state index contributed by atoms with van der Waals surface area (Å²) in [6.45, 7) is 12.1. The summed E-state index contributed by atoms with van der Waals surface area (Å²) >= 11 is 0. The maximum absolute atomic E-state index is 14.6. The molecule has 5 amide bonds. The van der Waals surface area contributed by atoms with Gasteiger partial charge in [-0.3, -0.25) is 24.0 Å². The minimum absolute atomic E-state index is 0.101. The molecule has 1 aromatic carbocycles. The van der Waals surface area contributed by atoms with Crippen molar-refractivity contribution < 1.29 is 51.3 Å². The van der Waals surface area contributed by atoms with Crippen molar-refractivity contribution in [3.8, 4) is 11.5 Å². The van der Waals surface area contributed by atoms with E-state index in [0.717, 1.165) is 36.8 Å². The number of rotatable bonds is 7. The van der Waals surface area contributed by atoms with Crippen molar-refractivity contribution in [3.63, 3.8) is 0 Å². The van der Waals surface area contributed by atoms with Crippen LogP contribution in [-0.4, -0.2) is 104 Å². The van der Waals surface area contributed by atoms with Gasteiger partial charge in [-0.05, 0) is 60.5 Å². The quantitative estimate of drug-likeness (QED) is 0.358. The molecule has 1 saturated heterocycles. The molecule has 0 spiro atoms. The maximum atomic E-state index is 14.6. The van der Waals surface area contributed by atoms with Crippen molar-refractivity contribution in [2.24, 2.45) is 16.7 Å². The summed E-state index contributed by atoms with van der Waals surface area (Å²) in [5, 5.41) is 4.93. The van der Waals surface area contributed by atoms with Gasteiger partial charge in [-0.25, -0.2) is 18.0 Å². The molecule has 57 heavy (non-hydrogen) atoms. The first-order chi connectivity index (χ1) is 26.8. The number of nitrogens with one attached hydrogen (secondary N) is 3. The molecule has 2 saturated carbocycles. The van der Waals surface area contributed by atoms with Gasteiger partial charge in [-0.1, -0.05) is 60.8 Å². The summed E-state index contributed by atoms with van der Waals surface area (Å²) in [7, 11) is -2.33. The van der Waals surface area contributed by atoms with E-state index in [-0.39, 0.29) is 50.4 Å². The van der Waals surface area contributed by atoms with E-state index in [1.165, 1.54) is 9.80 Å². The summed E-state index contributed by atoms with van der Waals surface area (Å²) in [5.41, 5.74) is -0.978. The standard InChI is InChI=1S/C40H59N5O11S/c1-8-25-19-40(25,35(48)43-57(51,52)28-12-13-28)42-33(46)30-17-27-21-45(30)34(47)32(38(2,3)4)41-36(49)55-23-39(5,6)14-10-9-11-15-54-31-18-26(53-7)16-24-20-44(22-29(24)31)37(50)56-27/h16,18,25,27-28,30,32H,8-15,17,19-23H2,1-7H3,(H,41,49)(H,42,46)(H,43,48)/t25-,27+,30?,32+,40-/m0/s1. The lowest BCUT2D eigenvalue weighted by molar-refractivity contribution is -0.143. The number of fused-ring (bicyclic) bond motifs is 3. The molecule has 3 fully saturated rings. The van der Waals surface area contributed by atoms with Crippen molar-refractivity contribution >= 4 is 39.9 Å². The smallest absolute Gasteiger partial charge is 0.410 e. The van der Waals surface area contributed by atoms with Crippen molar-refractivity contribution in [3.05, 3.63) is 23.3 Å². The fourth-order valence-corrected chi connectivity index (χ4v) is 9.45. The van der Waals surface area contributed by atoms with E-state index in [4.69, 9.17) is 18.9 Å². The number of hydrogen-bond donors (Lipinski definition) is 3. The summed E-state index contributed by atoms with van der Waals surface area (Å²) in [6.07, 6.45) is 2.50. The Morgan fingerprint density at radius 2 is 1.79 bits per heavy atom. The predicted molar refractivity (Wildman–Crippen MR) is 207 cm³/mol. The van der Waals surface area contributed by atoms with Gasteiger partial charge in [-0.15, -0.1) is 0 Å². The summed E-state index contributed by atoms with van der Waals surface area (Å²) in [6, 6.07) is 1.30. The largest absolute Gasteiger partial charge is 0.497 e. The van der Waals surface area contributed by atoms with Crippen molar-refractivity contribution in [2.75, 3.05) is 26.9 Å². The molecule has 4 bridgehead atoms. The Bertz CT molecular complexity index is 1860. The van der Waals surface area contributed by atoms with Gasteiger partial charge in [0.25, 0.3) is 5.91 Å². The number of nitrogens with zero attached hydrogens (tertiary/aromatic N) is 2. The molecule has 0 radical (unpaired) electrons. The topological polar surface area (TPSA) is 199 Å². The molecular weight excluding hydrogens is 759 g/mol. The van der Waals surface area contributed by atoms with E-state index in [9.17, 15) is 32.4 Å². The molecule has 17 heteroatoms. The SMILES string of the molecule is CC[C@H]1C[C@@]1(NC(=O)C1C[C@@H]2CN1C(=O)[C@H](C(C)(C)C)NC(=O)OCC(C)(C)CCCCCOc1cc(OC)cc3c1CN(C3)C(=O)O2)C(=O)NS(=O)(=O)C1CC1. The molecule has 5 atom stereocenters. The third-order valence-electron chi connectivity index (χ3n) is 11.9. The zero-order valence-corrected chi connectivity index (χ0v) is 35.1. The van der Waals surface area contributed by atoms with Crippen LogP contribution in [0.15, 0.2) is 12.1 Å². The van der Waals surface area contributed by atoms with Crippen LogP contribution in [0.25, 0.3) is 0 Å². The van der Waals surface area contributed by atoms with Gasteiger partial charge in [0, 0.05) is 24.6 Å². The summed E-state index contributed by atoms with van der Waals surface area (Å²) in [5.74, 6) is -1.21. The molecule has 2 aliphatic carbocycles. The van der Waals surface area contributed by atoms with Crippen LogP contribution in [-0.2, 0) is 47.0 Å². The lowest BCUT2D eigenvalue weighted by Gasteiger charge is -2.35. The first kappa shape index (κ1) is 42.3. The highest BCUT2D eigenvalue weighted by atomic mass is 32.2. The van der Waals surface area contributed by atoms with Gasteiger partial charge < -0.3 is 34.5 Å². The Morgan fingerprint density at radius 1 is 1.05 bits per heavy atom. The number of amides is 5. The normalized spacial score (nSPS) is 28.4. The van der Waals surface area contributed by atoms with Crippen LogP contribution in [0.2, 0.25) is 0 Å². The van der Waals surface area contributed by atoms with Crippen molar-refractivity contribution in [1.82, 2.24) is 25.2 Å². The number of cyclic esters (lactones) is 1. The average Bonchev–Trinajstić information content (AvgIpc) is 4.04. The van der Waals surface area contributed by atoms with Crippen LogP contribution < -0.4 is 24.8 Å². The third-order valence-corrected chi connectivity index (χ3v) is 13.7. The predicted octanol–water partition coefficient (Wildman–Crippen LogP) is 4.13. The van der Waals surface area contributed by atoms with Crippen LogP contribution >= 0.6 is 0 Å². The first-order valence-electron chi connectivity index (χ1n) is 20.2. The Hall–Kier alpha value is -4.28. The van der Waals surface area contributed by atoms with Gasteiger partial charge in [0.2, 0.25) is 21.8 Å². The van der Waals surface area contributed by atoms with Crippen LogP contribution in [0, 0.1) is 16.7 Å².